The van der Waals surface area contributed by atoms with Crippen molar-refractivity contribution < 1.29 is 14.3 Å². The molecule has 0 saturated carbocycles. The Balaban J connectivity index is 1.89. The number of ether oxygens (including phenoxy) is 1. The molecule has 0 saturated heterocycles. The zero-order valence-electron chi connectivity index (χ0n) is 21.8. The molecule has 1 aromatic heterocycles. The Labute approximate surface area is 217 Å². The van der Waals surface area contributed by atoms with Crippen molar-refractivity contribution in [3.63, 3.8) is 0 Å². The number of carbonyl (C=O) groups is 2. The van der Waals surface area contributed by atoms with Crippen molar-refractivity contribution in [1.29, 1.82) is 0 Å². The van der Waals surface area contributed by atoms with Crippen LogP contribution in [0.5, 0.6) is 5.75 Å². The van der Waals surface area contributed by atoms with Gasteiger partial charge in [0.1, 0.15) is 11.3 Å². The number of nitrogens with one attached hydrogen (secondary N) is 1. The third kappa shape index (κ3) is 6.63. The highest BCUT2D eigenvalue weighted by Gasteiger charge is 2.41. The van der Waals surface area contributed by atoms with E-state index in [1.165, 1.54) is 11.8 Å². The van der Waals surface area contributed by atoms with Gasteiger partial charge in [0.15, 0.2) is 5.16 Å². The summed E-state index contributed by atoms with van der Waals surface area (Å²) in [5.74, 6) is 0.429. The first kappa shape index (κ1) is 27.2. The van der Waals surface area contributed by atoms with E-state index in [0.29, 0.717) is 29.6 Å². The predicted octanol–water partition coefficient (Wildman–Crippen LogP) is 5.34. The number of nitrogens with zero attached hydrogens (tertiary/aromatic N) is 3. The maximum Gasteiger partial charge on any atom is 0.250 e. The monoisotopic (exact) mass is 506 g/mol. The molecule has 0 fully saturated rings. The Kier molecular flexibility index (Phi) is 9.09. The van der Waals surface area contributed by atoms with Gasteiger partial charge in [0.05, 0.1) is 12.9 Å². The van der Waals surface area contributed by atoms with Gasteiger partial charge in [-0.15, -0.1) is 0 Å². The number of rotatable bonds is 10. The average Bonchev–Trinajstić information content (AvgIpc) is 2.86. The van der Waals surface area contributed by atoms with E-state index in [2.05, 4.69) is 15.3 Å². The normalized spacial score (nSPS) is 12.5. The Bertz CT molecular complexity index is 1200. The Morgan fingerprint density at radius 2 is 1.67 bits per heavy atom. The Hall–Kier alpha value is -3.39. The molecule has 2 amide bonds. The molecule has 2 aromatic carbocycles. The maximum atomic E-state index is 13.7. The van der Waals surface area contributed by atoms with E-state index in [1.807, 2.05) is 65.0 Å². The number of amides is 2. The summed E-state index contributed by atoms with van der Waals surface area (Å²) in [6.07, 6.45) is 0.442. The van der Waals surface area contributed by atoms with E-state index < -0.39 is 5.54 Å². The number of aromatic nitrogens is 2. The molecule has 1 unspecified atom stereocenters. The highest BCUT2D eigenvalue weighted by Crippen LogP contribution is 2.28. The van der Waals surface area contributed by atoms with Crippen LogP contribution in [0.3, 0.4) is 0 Å². The lowest BCUT2D eigenvalue weighted by molar-refractivity contribution is -0.143. The van der Waals surface area contributed by atoms with Crippen LogP contribution in [0.1, 0.15) is 42.8 Å². The number of carbonyl (C=O) groups excluding carboxylic acids is 2. The van der Waals surface area contributed by atoms with Gasteiger partial charge < -0.3 is 15.0 Å². The first-order valence-corrected chi connectivity index (χ1v) is 12.9. The number of thioether (sulfide) groups is 1. The van der Waals surface area contributed by atoms with E-state index in [1.54, 1.807) is 36.3 Å². The summed E-state index contributed by atoms with van der Waals surface area (Å²) in [4.78, 5) is 37.9. The molecule has 0 aliphatic carbocycles. The van der Waals surface area contributed by atoms with Crippen LogP contribution in [0.4, 0.5) is 5.69 Å². The molecular formula is C28H34N4O3S. The van der Waals surface area contributed by atoms with Crippen LogP contribution in [0, 0.1) is 20.8 Å². The van der Waals surface area contributed by atoms with Gasteiger partial charge in [0.25, 0.3) is 0 Å². The summed E-state index contributed by atoms with van der Waals surface area (Å²) in [5.41, 5.74) is 3.33. The van der Waals surface area contributed by atoms with Gasteiger partial charge in [-0.3, -0.25) is 9.59 Å². The SMILES string of the molecule is CCC(C)(C(=O)Nc1ccc(OC)cc1)N(Cc1ccccc1C)C(=O)CSc1nc(C)cc(C)n1. The quantitative estimate of drug-likeness (QED) is 0.295. The van der Waals surface area contributed by atoms with Crippen molar-refractivity contribution in [3.8, 4) is 5.75 Å². The van der Waals surface area contributed by atoms with Gasteiger partial charge in [0, 0.05) is 23.6 Å². The molecule has 7 nitrogen and oxygen atoms in total. The molecule has 3 rings (SSSR count). The zero-order chi connectivity index (χ0) is 26.3. The molecule has 1 heterocycles. The fraction of sp³-hybridized carbons (Fsp3) is 0.357. The number of methoxy groups -OCH3 is 1. The topological polar surface area (TPSA) is 84.4 Å². The van der Waals surface area contributed by atoms with Gasteiger partial charge in [-0.2, -0.15) is 0 Å². The minimum atomic E-state index is -1.08. The Morgan fingerprint density at radius 1 is 1.03 bits per heavy atom. The highest BCUT2D eigenvalue weighted by molar-refractivity contribution is 7.99. The predicted molar refractivity (Wildman–Crippen MR) is 144 cm³/mol. The number of aryl methyl sites for hydroxylation is 3. The molecule has 0 radical (unpaired) electrons. The number of benzene rings is 2. The largest absolute Gasteiger partial charge is 0.497 e. The van der Waals surface area contributed by atoms with E-state index in [-0.39, 0.29) is 17.6 Å². The summed E-state index contributed by atoms with van der Waals surface area (Å²) < 4.78 is 5.21. The third-order valence-electron chi connectivity index (χ3n) is 6.30. The zero-order valence-corrected chi connectivity index (χ0v) is 22.6. The lowest BCUT2D eigenvalue weighted by Gasteiger charge is -2.40. The molecule has 0 spiro atoms. The van der Waals surface area contributed by atoms with E-state index in [4.69, 9.17) is 4.74 Å². The second kappa shape index (κ2) is 12.0. The van der Waals surface area contributed by atoms with Crippen molar-refractivity contribution in [3.05, 3.63) is 77.1 Å². The minimum absolute atomic E-state index is 0.125. The first-order chi connectivity index (χ1) is 17.2. The van der Waals surface area contributed by atoms with Crippen LogP contribution in [0.2, 0.25) is 0 Å². The fourth-order valence-corrected chi connectivity index (χ4v) is 4.70. The summed E-state index contributed by atoms with van der Waals surface area (Å²) in [6.45, 7) is 9.88. The van der Waals surface area contributed by atoms with Crippen LogP contribution in [0.15, 0.2) is 59.8 Å². The standard InChI is InChI=1S/C28H34N4O3S/c1-7-28(5,26(34)31-23-12-14-24(35-6)15-13-23)32(17-22-11-9-8-10-19(22)2)25(33)18-36-27-29-20(3)16-21(4)30-27/h8-16H,7,17-18H2,1-6H3,(H,31,34). The number of anilines is 1. The van der Waals surface area contributed by atoms with Crippen LogP contribution in [0.25, 0.3) is 0 Å². The molecule has 1 N–H and O–H groups in total. The third-order valence-corrected chi connectivity index (χ3v) is 7.13. The van der Waals surface area contributed by atoms with Gasteiger partial charge in [-0.1, -0.05) is 43.0 Å². The van der Waals surface area contributed by atoms with Crippen molar-refractivity contribution >= 4 is 29.3 Å². The van der Waals surface area contributed by atoms with Crippen molar-refractivity contribution in [2.24, 2.45) is 0 Å². The molecule has 0 aliphatic rings. The minimum Gasteiger partial charge on any atom is -0.497 e. The molecule has 0 aliphatic heterocycles. The smallest absolute Gasteiger partial charge is 0.250 e. The van der Waals surface area contributed by atoms with E-state index in [9.17, 15) is 9.59 Å². The lowest BCUT2D eigenvalue weighted by atomic mass is 9.93. The lowest BCUT2D eigenvalue weighted by Crippen LogP contribution is -2.57. The van der Waals surface area contributed by atoms with E-state index >= 15 is 0 Å². The number of hydrogen-bond acceptors (Lipinski definition) is 6. The molecule has 0 bridgehead atoms. The molecule has 36 heavy (non-hydrogen) atoms. The summed E-state index contributed by atoms with van der Waals surface area (Å²) in [7, 11) is 1.60. The van der Waals surface area contributed by atoms with Crippen molar-refractivity contribution in [2.75, 3.05) is 18.2 Å². The maximum absolute atomic E-state index is 13.7. The van der Waals surface area contributed by atoms with Crippen LogP contribution >= 0.6 is 11.8 Å². The molecular weight excluding hydrogens is 472 g/mol. The van der Waals surface area contributed by atoms with Crippen LogP contribution < -0.4 is 10.1 Å². The second-order valence-electron chi connectivity index (χ2n) is 8.94. The van der Waals surface area contributed by atoms with Crippen LogP contribution in [-0.2, 0) is 16.1 Å². The molecule has 8 heteroatoms. The van der Waals surface area contributed by atoms with Gasteiger partial charge >= 0.3 is 0 Å². The molecule has 190 valence electrons. The van der Waals surface area contributed by atoms with Gasteiger partial charge in [-0.25, -0.2) is 9.97 Å². The Morgan fingerprint density at radius 3 is 2.25 bits per heavy atom. The highest BCUT2D eigenvalue weighted by atomic mass is 32.2. The number of hydrogen-bond donors (Lipinski definition) is 1. The van der Waals surface area contributed by atoms with E-state index in [0.717, 1.165) is 22.5 Å². The van der Waals surface area contributed by atoms with Gasteiger partial charge in [0.2, 0.25) is 11.8 Å². The summed E-state index contributed by atoms with van der Waals surface area (Å²) in [6, 6.07) is 17.0. The fourth-order valence-electron chi connectivity index (χ4n) is 3.87. The molecule has 1 atom stereocenters. The second-order valence-corrected chi connectivity index (χ2v) is 9.88. The molecule has 3 aromatic rings. The van der Waals surface area contributed by atoms with Crippen molar-refractivity contribution in [1.82, 2.24) is 14.9 Å². The summed E-state index contributed by atoms with van der Waals surface area (Å²) in [5, 5.41) is 3.54. The van der Waals surface area contributed by atoms with Gasteiger partial charge in [-0.05, 0) is 75.6 Å². The van der Waals surface area contributed by atoms with Crippen LogP contribution in [-0.4, -0.2) is 45.1 Å². The average molecular weight is 507 g/mol. The van der Waals surface area contributed by atoms with Crippen molar-refractivity contribution in [2.45, 2.75) is 58.3 Å². The first-order valence-electron chi connectivity index (χ1n) is 11.9. The summed E-state index contributed by atoms with van der Waals surface area (Å²) >= 11 is 1.29.